The van der Waals surface area contributed by atoms with Gasteiger partial charge in [-0.25, -0.2) is 0 Å². The highest BCUT2D eigenvalue weighted by Crippen LogP contribution is 2.32. The van der Waals surface area contributed by atoms with Crippen LogP contribution in [-0.4, -0.2) is 12.9 Å². The Hall–Kier alpha value is -1.17. The van der Waals surface area contributed by atoms with E-state index >= 15 is 0 Å². The fraction of sp³-hybridized carbons (Fsp3) is 0.333. The molecule has 0 bridgehead atoms. The van der Waals surface area contributed by atoms with Gasteiger partial charge in [0.05, 0.1) is 4.47 Å². The molecule has 0 saturated carbocycles. The Morgan fingerprint density at radius 2 is 2.11 bits per heavy atom. The number of alkyl halides is 3. The van der Waals surface area contributed by atoms with Gasteiger partial charge in [0.2, 0.25) is 0 Å². The molecule has 0 saturated heterocycles. The monoisotopic (exact) mass is 323 g/mol. The number of rotatable bonds is 6. The van der Waals surface area contributed by atoms with Crippen molar-refractivity contribution in [2.24, 2.45) is 0 Å². The molecule has 0 aliphatic heterocycles. The van der Waals surface area contributed by atoms with Crippen LogP contribution in [0.3, 0.4) is 0 Å². The summed E-state index contributed by atoms with van der Waals surface area (Å²) < 4.78 is 40.2. The Morgan fingerprint density at radius 3 is 2.67 bits per heavy atom. The number of hydrogen-bond acceptors (Lipinski definition) is 2. The second-order valence-corrected chi connectivity index (χ2v) is 4.41. The second kappa shape index (κ2) is 6.68. The first-order valence-electron chi connectivity index (χ1n) is 5.32. The fourth-order valence-corrected chi connectivity index (χ4v) is 1.76. The van der Waals surface area contributed by atoms with Crippen molar-refractivity contribution >= 4 is 21.6 Å². The molecule has 0 aliphatic rings. The van der Waals surface area contributed by atoms with Crippen LogP contribution >= 0.6 is 15.9 Å². The van der Waals surface area contributed by atoms with Crippen molar-refractivity contribution in [2.75, 3.05) is 11.9 Å². The lowest BCUT2D eigenvalue weighted by Crippen LogP contribution is -2.17. The molecule has 2 nitrogen and oxygen atoms in total. The second-order valence-electron chi connectivity index (χ2n) is 3.55. The molecule has 0 aromatic heterocycles. The van der Waals surface area contributed by atoms with Gasteiger partial charge in [0.15, 0.2) is 0 Å². The van der Waals surface area contributed by atoms with Gasteiger partial charge in [0, 0.05) is 12.2 Å². The van der Waals surface area contributed by atoms with Crippen LogP contribution in [0.1, 0.15) is 12.8 Å². The number of unbranched alkanes of at least 4 members (excludes halogenated alkanes) is 1. The third-order valence-electron chi connectivity index (χ3n) is 2.07. The zero-order valence-corrected chi connectivity index (χ0v) is 11.1. The van der Waals surface area contributed by atoms with Gasteiger partial charge in [-0.2, -0.15) is 0 Å². The summed E-state index contributed by atoms with van der Waals surface area (Å²) in [6.45, 7) is 4.34. The van der Waals surface area contributed by atoms with Crippen LogP contribution in [0.25, 0.3) is 0 Å². The van der Waals surface area contributed by atoms with Crippen molar-refractivity contribution in [1.29, 1.82) is 0 Å². The van der Waals surface area contributed by atoms with E-state index in [1.54, 1.807) is 12.1 Å². The van der Waals surface area contributed by atoms with Crippen molar-refractivity contribution in [3.63, 3.8) is 0 Å². The van der Waals surface area contributed by atoms with Crippen molar-refractivity contribution < 1.29 is 17.9 Å². The van der Waals surface area contributed by atoms with Gasteiger partial charge < -0.3 is 10.1 Å². The molecule has 0 atom stereocenters. The van der Waals surface area contributed by atoms with Crippen molar-refractivity contribution in [3.8, 4) is 5.75 Å². The molecule has 6 heteroatoms. The number of benzene rings is 1. The molecule has 1 aromatic carbocycles. The molecule has 0 radical (unpaired) electrons. The molecule has 18 heavy (non-hydrogen) atoms. The molecule has 1 aromatic rings. The van der Waals surface area contributed by atoms with Crippen LogP contribution in [0.4, 0.5) is 18.9 Å². The molecule has 0 heterocycles. The van der Waals surface area contributed by atoms with Crippen LogP contribution in [0, 0.1) is 0 Å². The first kappa shape index (κ1) is 14.9. The van der Waals surface area contributed by atoms with Crippen LogP contribution in [0.15, 0.2) is 35.3 Å². The van der Waals surface area contributed by atoms with Crippen LogP contribution in [0.5, 0.6) is 5.75 Å². The molecule has 100 valence electrons. The van der Waals surface area contributed by atoms with E-state index in [4.69, 9.17) is 0 Å². The quantitative estimate of drug-likeness (QED) is 0.603. The van der Waals surface area contributed by atoms with E-state index in [2.05, 4.69) is 32.6 Å². The fourth-order valence-electron chi connectivity index (χ4n) is 1.30. The molecular weight excluding hydrogens is 311 g/mol. The lowest BCUT2D eigenvalue weighted by atomic mass is 10.2. The summed E-state index contributed by atoms with van der Waals surface area (Å²) in [7, 11) is 0. The van der Waals surface area contributed by atoms with E-state index in [9.17, 15) is 13.2 Å². The topological polar surface area (TPSA) is 21.3 Å². The molecule has 0 amide bonds. The van der Waals surface area contributed by atoms with E-state index in [-0.39, 0.29) is 10.2 Å². The van der Waals surface area contributed by atoms with E-state index in [1.165, 1.54) is 6.07 Å². The minimum Gasteiger partial charge on any atom is -0.405 e. The molecule has 0 fully saturated rings. The van der Waals surface area contributed by atoms with Gasteiger partial charge in [0.1, 0.15) is 5.75 Å². The maximum atomic E-state index is 12.0. The summed E-state index contributed by atoms with van der Waals surface area (Å²) in [5, 5.41) is 3.10. The number of allylic oxidation sites excluding steroid dienone is 1. The number of nitrogens with one attached hydrogen (secondary N) is 1. The van der Waals surface area contributed by atoms with E-state index in [0.717, 1.165) is 25.1 Å². The van der Waals surface area contributed by atoms with Gasteiger partial charge in [-0.3, -0.25) is 0 Å². The van der Waals surface area contributed by atoms with Crippen LogP contribution in [-0.2, 0) is 0 Å². The molecule has 0 unspecified atom stereocenters. The summed E-state index contributed by atoms with van der Waals surface area (Å²) in [5.74, 6) is -0.251. The lowest BCUT2D eigenvalue weighted by Gasteiger charge is -2.12. The SMILES string of the molecule is C=CCCCNc1ccc(OC(F)(F)F)c(Br)c1. The van der Waals surface area contributed by atoms with Gasteiger partial charge in [-0.05, 0) is 47.0 Å². The average molecular weight is 324 g/mol. The Balaban J connectivity index is 2.59. The Morgan fingerprint density at radius 1 is 1.39 bits per heavy atom. The van der Waals surface area contributed by atoms with E-state index in [1.807, 2.05) is 6.08 Å². The first-order chi connectivity index (χ1) is 8.42. The van der Waals surface area contributed by atoms with Crippen LogP contribution in [0.2, 0.25) is 0 Å². The third kappa shape index (κ3) is 5.44. The molecular formula is C12H13BrF3NO. The van der Waals surface area contributed by atoms with Gasteiger partial charge in [0.25, 0.3) is 0 Å². The Bertz CT molecular complexity index is 407. The maximum Gasteiger partial charge on any atom is 0.573 e. The summed E-state index contributed by atoms with van der Waals surface area (Å²) >= 11 is 3.04. The Labute approximate surface area is 112 Å². The molecule has 1 rings (SSSR count). The zero-order valence-electron chi connectivity index (χ0n) is 9.56. The van der Waals surface area contributed by atoms with Gasteiger partial charge in [-0.15, -0.1) is 19.8 Å². The average Bonchev–Trinajstić information content (AvgIpc) is 2.26. The van der Waals surface area contributed by atoms with Crippen molar-refractivity contribution in [2.45, 2.75) is 19.2 Å². The normalized spacial score (nSPS) is 11.1. The lowest BCUT2D eigenvalue weighted by molar-refractivity contribution is -0.274. The van der Waals surface area contributed by atoms with Crippen molar-refractivity contribution in [3.05, 3.63) is 35.3 Å². The molecule has 1 N–H and O–H groups in total. The zero-order chi connectivity index (χ0) is 13.6. The minimum atomic E-state index is -4.68. The largest absolute Gasteiger partial charge is 0.573 e. The summed E-state index contributed by atoms with van der Waals surface area (Å²) in [5.41, 5.74) is 0.737. The number of halogens is 4. The third-order valence-corrected chi connectivity index (χ3v) is 2.69. The maximum absolute atomic E-state index is 12.0. The summed E-state index contributed by atoms with van der Waals surface area (Å²) in [6.07, 6.45) is -1.05. The smallest absolute Gasteiger partial charge is 0.405 e. The highest BCUT2D eigenvalue weighted by Gasteiger charge is 2.31. The van der Waals surface area contributed by atoms with Gasteiger partial charge in [-0.1, -0.05) is 6.08 Å². The van der Waals surface area contributed by atoms with E-state index in [0.29, 0.717) is 0 Å². The van der Waals surface area contributed by atoms with E-state index < -0.39 is 6.36 Å². The minimum absolute atomic E-state index is 0.251. The number of anilines is 1. The van der Waals surface area contributed by atoms with Gasteiger partial charge >= 0.3 is 6.36 Å². The predicted octanol–water partition coefficient (Wildman–Crippen LogP) is 4.73. The van der Waals surface area contributed by atoms with Crippen LogP contribution < -0.4 is 10.1 Å². The van der Waals surface area contributed by atoms with Crippen molar-refractivity contribution in [1.82, 2.24) is 0 Å². The molecule has 0 aliphatic carbocycles. The molecule has 0 spiro atoms. The standard InChI is InChI=1S/C12H13BrF3NO/c1-2-3-4-7-17-9-5-6-11(10(13)8-9)18-12(14,15)16/h2,5-6,8,17H,1,3-4,7H2. The number of ether oxygens (including phenoxy) is 1. The first-order valence-corrected chi connectivity index (χ1v) is 6.12. The Kier molecular flexibility index (Phi) is 5.53. The predicted molar refractivity (Wildman–Crippen MR) is 68.7 cm³/mol. The number of hydrogen-bond donors (Lipinski definition) is 1. The summed E-state index contributed by atoms with van der Waals surface area (Å²) in [4.78, 5) is 0. The summed E-state index contributed by atoms with van der Waals surface area (Å²) in [6, 6.07) is 4.36. The highest BCUT2D eigenvalue weighted by molar-refractivity contribution is 9.10. The highest BCUT2D eigenvalue weighted by atomic mass is 79.9.